The largest absolute Gasteiger partial charge is 0.480 e. The van der Waals surface area contributed by atoms with Crippen LogP contribution in [0.3, 0.4) is 0 Å². The first kappa shape index (κ1) is 18.2. The molecule has 0 radical (unpaired) electrons. The van der Waals surface area contributed by atoms with Gasteiger partial charge in [-0.15, -0.1) is 0 Å². The van der Waals surface area contributed by atoms with Crippen molar-refractivity contribution >= 4 is 11.9 Å². The van der Waals surface area contributed by atoms with Crippen molar-refractivity contribution in [2.24, 2.45) is 0 Å². The fourth-order valence-corrected chi connectivity index (χ4v) is 2.42. The maximum Gasteiger partial charge on any atom is 0.326 e. The number of nitrogens with one attached hydrogen (secondary N) is 1. The molecular formula is C19H18N2O4. The minimum atomic E-state index is -1.14. The highest BCUT2D eigenvalue weighted by Gasteiger charge is 2.26. The van der Waals surface area contributed by atoms with Crippen LogP contribution in [0.4, 0.5) is 0 Å². The van der Waals surface area contributed by atoms with Crippen LogP contribution in [-0.2, 0) is 20.7 Å². The first-order chi connectivity index (χ1) is 12.0. The van der Waals surface area contributed by atoms with Gasteiger partial charge in [-0.05, 0) is 23.3 Å². The van der Waals surface area contributed by atoms with Crippen molar-refractivity contribution in [3.63, 3.8) is 0 Å². The van der Waals surface area contributed by atoms with E-state index in [9.17, 15) is 14.7 Å². The minimum Gasteiger partial charge on any atom is -0.480 e. The number of carbonyl (C=O) groups is 2. The highest BCUT2D eigenvalue weighted by Crippen LogP contribution is 2.17. The van der Waals surface area contributed by atoms with Gasteiger partial charge in [0.2, 0.25) is 0 Å². The molecule has 2 aromatic rings. The number of amides is 1. The lowest BCUT2D eigenvalue weighted by Gasteiger charge is -2.20. The number of carbonyl (C=O) groups excluding carboxylic acids is 1. The van der Waals surface area contributed by atoms with Gasteiger partial charge >= 0.3 is 5.97 Å². The second-order valence-corrected chi connectivity index (χ2v) is 5.44. The number of hydrogen-bond acceptors (Lipinski definition) is 4. The van der Waals surface area contributed by atoms with E-state index in [0.717, 1.165) is 0 Å². The molecular weight excluding hydrogens is 320 g/mol. The molecule has 6 nitrogen and oxygen atoms in total. The average molecular weight is 338 g/mol. The molecule has 0 saturated heterocycles. The number of nitrogens with zero attached hydrogens (tertiary/aromatic N) is 1. The van der Waals surface area contributed by atoms with Crippen LogP contribution < -0.4 is 5.32 Å². The van der Waals surface area contributed by atoms with Crippen LogP contribution in [0.5, 0.6) is 0 Å². The number of rotatable bonds is 7. The van der Waals surface area contributed by atoms with Gasteiger partial charge in [0.25, 0.3) is 5.91 Å². The molecule has 0 heterocycles. The Labute approximate surface area is 145 Å². The zero-order chi connectivity index (χ0) is 18.2. The van der Waals surface area contributed by atoms with E-state index in [1.54, 1.807) is 48.5 Å². The van der Waals surface area contributed by atoms with Gasteiger partial charge < -0.3 is 15.2 Å². The lowest BCUT2D eigenvalue weighted by Crippen LogP contribution is -2.44. The Morgan fingerprint density at radius 3 is 2.32 bits per heavy atom. The van der Waals surface area contributed by atoms with Crippen LogP contribution in [0, 0.1) is 11.3 Å². The van der Waals surface area contributed by atoms with E-state index in [1.165, 1.54) is 7.11 Å². The Morgan fingerprint density at radius 2 is 1.80 bits per heavy atom. The zero-order valence-corrected chi connectivity index (χ0v) is 13.7. The first-order valence-corrected chi connectivity index (χ1v) is 7.65. The third kappa shape index (κ3) is 4.90. The molecule has 2 aromatic carbocycles. The molecule has 0 aliphatic carbocycles. The predicted molar refractivity (Wildman–Crippen MR) is 90.6 cm³/mol. The van der Waals surface area contributed by atoms with Crippen LogP contribution in [0.15, 0.2) is 54.6 Å². The van der Waals surface area contributed by atoms with Crippen LogP contribution in [-0.4, -0.2) is 30.1 Å². The zero-order valence-electron chi connectivity index (χ0n) is 13.7. The smallest absolute Gasteiger partial charge is 0.326 e. The summed E-state index contributed by atoms with van der Waals surface area (Å²) in [7, 11) is 1.40. The molecule has 128 valence electrons. The summed E-state index contributed by atoms with van der Waals surface area (Å²) in [6, 6.07) is 16.3. The molecule has 2 atom stereocenters. The molecule has 0 unspecified atom stereocenters. The van der Waals surface area contributed by atoms with Gasteiger partial charge in [0.05, 0.1) is 11.6 Å². The lowest BCUT2D eigenvalue weighted by atomic mass is 10.0. The van der Waals surface area contributed by atoms with Crippen molar-refractivity contribution in [3.05, 3.63) is 71.3 Å². The van der Waals surface area contributed by atoms with E-state index in [1.807, 2.05) is 12.1 Å². The SMILES string of the molecule is CO[C@H](C(=O)N[C@H](Cc1ccc(C#N)cc1)C(=O)O)c1ccccc1. The summed E-state index contributed by atoms with van der Waals surface area (Å²) < 4.78 is 5.22. The number of ether oxygens (including phenoxy) is 1. The second kappa shape index (κ2) is 8.62. The van der Waals surface area contributed by atoms with E-state index >= 15 is 0 Å². The number of carboxylic acid groups (broad SMARTS) is 1. The van der Waals surface area contributed by atoms with Gasteiger partial charge in [0.15, 0.2) is 6.10 Å². The quantitative estimate of drug-likeness (QED) is 0.805. The van der Waals surface area contributed by atoms with Gasteiger partial charge in [0.1, 0.15) is 6.04 Å². The van der Waals surface area contributed by atoms with Crippen molar-refractivity contribution < 1.29 is 19.4 Å². The molecule has 0 saturated carbocycles. The summed E-state index contributed by atoms with van der Waals surface area (Å²) in [6.07, 6.45) is -0.776. The second-order valence-electron chi connectivity index (χ2n) is 5.44. The van der Waals surface area contributed by atoms with E-state index in [-0.39, 0.29) is 6.42 Å². The summed E-state index contributed by atoms with van der Waals surface area (Å²) in [4.78, 5) is 23.9. The number of carboxylic acids is 1. The van der Waals surface area contributed by atoms with E-state index in [2.05, 4.69) is 5.32 Å². The van der Waals surface area contributed by atoms with Crippen molar-refractivity contribution in [1.29, 1.82) is 5.26 Å². The number of benzene rings is 2. The lowest BCUT2D eigenvalue weighted by molar-refractivity contribution is -0.144. The van der Waals surface area contributed by atoms with Crippen LogP contribution in [0.2, 0.25) is 0 Å². The Kier molecular flexibility index (Phi) is 6.26. The van der Waals surface area contributed by atoms with Gasteiger partial charge in [-0.2, -0.15) is 5.26 Å². The highest BCUT2D eigenvalue weighted by atomic mass is 16.5. The molecule has 0 aromatic heterocycles. The monoisotopic (exact) mass is 338 g/mol. The Morgan fingerprint density at radius 1 is 1.16 bits per heavy atom. The fraction of sp³-hybridized carbons (Fsp3) is 0.211. The summed E-state index contributed by atoms with van der Waals surface area (Å²) >= 11 is 0. The fourth-order valence-electron chi connectivity index (χ4n) is 2.42. The number of hydrogen-bond donors (Lipinski definition) is 2. The van der Waals surface area contributed by atoms with Crippen LogP contribution in [0.25, 0.3) is 0 Å². The van der Waals surface area contributed by atoms with Crippen LogP contribution in [0.1, 0.15) is 22.8 Å². The topological polar surface area (TPSA) is 99.4 Å². The van der Waals surface area contributed by atoms with Gasteiger partial charge in [0, 0.05) is 13.5 Å². The number of nitriles is 1. The Balaban J connectivity index is 2.10. The van der Waals surface area contributed by atoms with Gasteiger partial charge in [-0.3, -0.25) is 4.79 Å². The summed E-state index contributed by atoms with van der Waals surface area (Å²) in [5, 5.41) is 20.7. The predicted octanol–water partition coefficient (Wildman–Crippen LogP) is 2.06. The van der Waals surface area contributed by atoms with Crippen molar-refractivity contribution in [1.82, 2.24) is 5.32 Å². The molecule has 2 rings (SSSR count). The Bertz CT molecular complexity index is 766. The van der Waals surface area contributed by atoms with Gasteiger partial charge in [-0.1, -0.05) is 42.5 Å². The molecule has 0 spiro atoms. The third-order valence-corrected chi connectivity index (χ3v) is 3.71. The number of methoxy groups -OCH3 is 1. The maximum absolute atomic E-state index is 12.4. The minimum absolute atomic E-state index is 0.109. The maximum atomic E-state index is 12.4. The standard InChI is InChI=1S/C19H18N2O4/c1-25-17(15-5-3-2-4-6-15)18(22)21-16(19(23)24)11-13-7-9-14(12-20)10-8-13/h2-10,16-17H,11H2,1H3,(H,21,22)(H,23,24)/t16-,17+/m1/s1. The average Bonchev–Trinajstić information content (AvgIpc) is 2.63. The molecule has 25 heavy (non-hydrogen) atoms. The van der Waals surface area contributed by atoms with E-state index < -0.39 is 24.0 Å². The highest BCUT2D eigenvalue weighted by molar-refractivity contribution is 5.87. The summed E-state index contributed by atoms with van der Waals surface area (Å²) in [5.74, 6) is -1.66. The Hall–Kier alpha value is -3.17. The van der Waals surface area contributed by atoms with E-state index in [4.69, 9.17) is 10.00 Å². The van der Waals surface area contributed by atoms with Gasteiger partial charge in [-0.25, -0.2) is 4.79 Å². The molecule has 0 aliphatic heterocycles. The van der Waals surface area contributed by atoms with Crippen molar-refractivity contribution in [3.8, 4) is 6.07 Å². The normalized spacial score (nSPS) is 12.6. The van der Waals surface area contributed by atoms with Crippen molar-refractivity contribution in [2.75, 3.05) is 7.11 Å². The third-order valence-electron chi connectivity index (χ3n) is 3.71. The summed E-state index contributed by atoms with van der Waals surface area (Å²) in [5.41, 5.74) is 1.84. The number of aliphatic carboxylic acids is 1. The summed E-state index contributed by atoms with van der Waals surface area (Å²) in [6.45, 7) is 0. The first-order valence-electron chi connectivity index (χ1n) is 7.65. The molecule has 0 fully saturated rings. The molecule has 0 aliphatic rings. The molecule has 0 bridgehead atoms. The molecule has 2 N–H and O–H groups in total. The van der Waals surface area contributed by atoms with Crippen molar-refractivity contribution in [2.45, 2.75) is 18.6 Å². The molecule has 1 amide bonds. The molecule has 6 heteroatoms. The van der Waals surface area contributed by atoms with Crippen LogP contribution >= 0.6 is 0 Å². The van der Waals surface area contributed by atoms with E-state index in [0.29, 0.717) is 16.7 Å².